The lowest BCUT2D eigenvalue weighted by molar-refractivity contribution is -0.142. The van der Waals surface area contributed by atoms with Crippen molar-refractivity contribution in [3.05, 3.63) is 57.7 Å². The fraction of sp³-hybridized carbons (Fsp3) is 0.435. The average molecular weight is 485 g/mol. The number of nitrogens with one attached hydrogen (secondary N) is 1. The van der Waals surface area contributed by atoms with Gasteiger partial charge in [-0.25, -0.2) is 19.0 Å². The van der Waals surface area contributed by atoms with Gasteiger partial charge in [0.05, 0.1) is 31.0 Å². The molecule has 1 aromatic carbocycles. The van der Waals surface area contributed by atoms with E-state index in [1.54, 1.807) is 23.9 Å². The molecule has 0 aliphatic carbocycles. The van der Waals surface area contributed by atoms with Gasteiger partial charge in [-0.05, 0) is 45.0 Å². The summed E-state index contributed by atoms with van der Waals surface area (Å²) in [5, 5.41) is 9.55. The van der Waals surface area contributed by atoms with Crippen LogP contribution in [0, 0.1) is 0 Å². The van der Waals surface area contributed by atoms with Crippen molar-refractivity contribution in [2.45, 2.75) is 32.1 Å². The van der Waals surface area contributed by atoms with E-state index in [2.05, 4.69) is 20.3 Å². The summed E-state index contributed by atoms with van der Waals surface area (Å²) in [7, 11) is 1.67. The highest BCUT2D eigenvalue weighted by molar-refractivity contribution is 7.13. The molecule has 1 aliphatic heterocycles. The van der Waals surface area contributed by atoms with Gasteiger partial charge in [-0.1, -0.05) is 18.2 Å². The first-order valence-electron chi connectivity index (χ1n) is 11.3. The Kier molecular flexibility index (Phi) is 7.53. The quantitative estimate of drug-likeness (QED) is 0.487. The van der Waals surface area contributed by atoms with Crippen LogP contribution in [-0.2, 0) is 27.8 Å². The Labute approximate surface area is 201 Å². The molecule has 2 aromatic heterocycles. The zero-order valence-corrected chi connectivity index (χ0v) is 20.1. The number of carbonyl (C=O) groups excluding carboxylic acids is 2. The lowest BCUT2D eigenvalue weighted by atomic mass is 9.95. The highest BCUT2D eigenvalue weighted by Crippen LogP contribution is 2.27. The molecule has 3 aromatic rings. The van der Waals surface area contributed by atoms with Crippen molar-refractivity contribution in [2.24, 2.45) is 7.05 Å². The Morgan fingerprint density at radius 3 is 2.65 bits per heavy atom. The first kappa shape index (κ1) is 23.8. The van der Waals surface area contributed by atoms with Gasteiger partial charge < -0.3 is 10.1 Å². The minimum absolute atomic E-state index is 0.0926. The Morgan fingerprint density at radius 2 is 1.94 bits per heavy atom. The minimum Gasteiger partial charge on any atom is -0.466 e. The van der Waals surface area contributed by atoms with Crippen LogP contribution in [-0.4, -0.2) is 62.3 Å². The third-order valence-corrected chi connectivity index (χ3v) is 6.52. The van der Waals surface area contributed by atoms with E-state index in [-0.39, 0.29) is 36.4 Å². The largest absolute Gasteiger partial charge is 0.466 e. The normalized spacial score (nSPS) is 14.8. The number of amides is 1. The summed E-state index contributed by atoms with van der Waals surface area (Å²) in [6, 6.07) is 9.54. The molecule has 0 bridgehead atoms. The molecule has 11 heteroatoms. The van der Waals surface area contributed by atoms with E-state index < -0.39 is 0 Å². The molecule has 180 valence electrons. The number of benzene rings is 1. The first-order valence-corrected chi connectivity index (χ1v) is 12.2. The van der Waals surface area contributed by atoms with Crippen molar-refractivity contribution in [2.75, 3.05) is 31.6 Å². The van der Waals surface area contributed by atoms with Crippen LogP contribution in [0.5, 0.6) is 0 Å². The van der Waals surface area contributed by atoms with E-state index in [1.165, 1.54) is 16.0 Å². The molecule has 0 radical (unpaired) electrons. The van der Waals surface area contributed by atoms with Crippen LogP contribution in [0.3, 0.4) is 0 Å². The molecule has 10 nitrogen and oxygen atoms in total. The molecule has 0 spiro atoms. The van der Waals surface area contributed by atoms with Gasteiger partial charge in [0.2, 0.25) is 5.91 Å². The molecule has 1 fully saturated rings. The fourth-order valence-corrected chi connectivity index (χ4v) is 4.81. The minimum atomic E-state index is -0.334. The molecule has 0 saturated carbocycles. The predicted octanol–water partition coefficient (Wildman–Crippen LogP) is 1.95. The number of esters is 1. The second-order valence-corrected chi connectivity index (χ2v) is 9.02. The topological polar surface area (TPSA) is 111 Å². The van der Waals surface area contributed by atoms with Gasteiger partial charge in [0, 0.05) is 18.3 Å². The Hall–Kier alpha value is -3.31. The highest BCUT2D eigenvalue weighted by atomic mass is 32.1. The van der Waals surface area contributed by atoms with Crippen molar-refractivity contribution in [3.8, 4) is 5.69 Å². The Morgan fingerprint density at radius 1 is 1.21 bits per heavy atom. The number of ether oxygens (including phenoxy) is 1. The average Bonchev–Trinajstić information content (AvgIpc) is 3.38. The second kappa shape index (κ2) is 10.7. The number of aromatic nitrogens is 4. The standard InChI is InChI=1S/C23H28N6O4S/c1-3-33-20(31)13-17-15-34-22(24-17)25-19(30)14-28-11-9-16(10-12-28)21-26-27(2)23(32)29(21)18-7-5-4-6-8-18/h4-8,15-16H,3,9-14H2,1-2H3,(H,24,25,30). The van der Waals surface area contributed by atoms with Gasteiger partial charge in [-0.2, -0.15) is 5.10 Å². The van der Waals surface area contributed by atoms with Crippen molar-refractivity contribution in [3.63, 3.8) is 0 Å². The number of likely N-dealkylation sites (tertiary alicyclic amines) is 1. The van der Waals surface area contributed by atoms with Gasteiger partial charge in [0.25, 0.3) is 0 Å². The molecule has 1 amide bonds. The van der Waals surface area contributed by atoms with Gasteiger partial charge >= 0.3 is 11.7 Å². The molecule has 34 heavy (non-hydrogen) atoms. The summed E-state index contributed by atoms with van der Waals surface area (Å²) in [4.78, 5) is 43.2. The smallest absolute Gasteiger partial charge is 0.350 e. The molecular formula is C23H28N6O4S. The van der Waals surface area contributed by atoms with Crippen LogP contribution < -0.4 is 11.0 Å². The Balaban J connectivity index is 1.32. The zero-order valence-electron chi connectivity index (χ0n) is 19.3. The number of anilines is 1. The molecular weight excluding hydrogens is 456 g/mol. The van der Waals surface area contributed by atoms with E-state index >= 15 is 0 Å². The number of thiazole rings is 1. The first-order chi connectivity index (χ1) is 16.4. The Bertz CT molecular complexity index is 1190. The number of hydrogen-bond donors (Lipinski definition) is 1. The van der Waals surface area contributed by atoms with Crippen LogP contribution in [0.2, 0.25) is 0 Å². The monoisotopic (exact) mass is 484 g/mol. The van der Waals surface area contributed by atoms with Crippen LogP contribution in [0.25, 0.3) is 5.69 Å². The molecule has 0 atom stereocenters. The van der Waals surface area contributed by atoms with Gasteiger partial charge in [-0.3, -0.25) is 14.5 Å². The maximum Gasteiger partial charge on any atom is 0.350 e. The number of piperidine rings is 1. The summed E-state index contributed by atoms with van der Waals surface area (Å²) in [5.41, 5.74) is 1.23. The molecule has 3 heterocycles. The van der Waals surface area contributed by atoms with E-state index in [0.29, 0.717) is 17.4 Å². The SMILES string of the molecule is CCOC(=O)Cc1csc(NC(=O)CN2CCC(c3nn(C)c(=O)n3-c3ccccc3)CC2)n1. The number of para-hydroxylation sites is 1. The van der Waals surface area contributed by atoms with Gasteiger partial charge in [0.1, 0.15) is 5.82 Å². The number of aryl methyl sites for hydroxylation is 1. The third-order valence-electron chi connectivity index (χ3n) is 5.71. The number of carbonyl (C=O) groups is 2. The van der Waals surface area contributed by atoms with Crippen molar-refractivity contribution >= 4 is 28.3 Å². The van der Waals surface area contributed by atoms with Crippen LogP contribution in [0.1, 0.15) is 37.2 Å². The fourth-order valence-electron chi connectivity index (χ4n) is 4.08. The second-order valence-electron chi connectivity index (χ2n) is 8.16. The number of nitrogens with zero attached hydrogens (tertiary/aromatic N) is 5. The van der Waals surface area contributed by atoms with Crippen molar-refractivity contribution in [1.29, 1.82) is 0 Å². The van der Waals surface area contributed by atoms with E-state index in [0.717, 1.165) is 37.4 Å². The summed E-state index contributed by atoms with van der Waals surface area (Å²) in [6.07, 6.45) is 1.70. The number of rotatable bonds is 8. The summed E-state index contributed by atoms with van der Waals surface area (Å²) in [5.74, 6) is 0.422. The molecule has 4 rings (SSSR count). The predicted molar refractivity (Wildman–Crippen MR) is 128 cm³/mol. The third kappa shape index (κ3) is 5.60. The summed E-state index contributed by atoms with van der Waals surface area (Å²) < 4.78 is 7.99. The van der Waals surface area contributed by atoms with Crippen LogP contribution in [0.4, 0.5) is 5.13 Å². The maximum atomic E-state index is 12.7. The van der Waals surface area contributed by atoms with Crippen molar-refractivity contribution in [1.82, 2.24) is 24.2 Å². The van der Waals surface area contributed by atoms with Crippen molar-refractivity contribution < 1.29 is 14.3 Å². The number of hydrogen-bond acceptors (Lipinski definition) is 8. The lowest BCUT2D eigenvalue weighted by Gasteiger charge is -2.30. The molecule has 1 saturated heterocycles. The zero-order chi connectivity index (χ0) is 24.1. The molecule has 0 unspecified atom stereocenters. The van der Waals surface area contributed by atoms with Crippen LogP contribution >= 0.6 is 11.3 Å². The molecule has 1 N–H and O–H groups in total. The van der Waals surface area contributed by atoms with E-state index in [1.807, 2.05) is 30.3 Å². The van der Waals surface area contributed by atoms with E-state index in [4.69, 9.17) is 4.74 Å². The summed E-state index contributed by atoms with van der Waals surface area (Å²) in [6.45, 7) is 3.79. The van der Waals surface area contributed by atoms with Gasteiger partial charge in [0.15, 0.2) is 5.13 Å². The maximum absolute atomic E-state index is 12.7. The van der Waals surface area contributed by atoms with E-state index in [9.17, 15) is 14.4 Å². The summed E-state index contributed by atoms with van der Waals surface area (Å²) >= 11 is 1.29. The van der Waals surface area contributed by atoms with Crippen LogP contribution in [0.15, 0.2) is 40.5 Å². The highest BCUT2D eigenvalue weighted by Gasteiger charge is 2.27. The molecule has 1 aliphatic rings. The lowest BCUT2D eigenvalue weighted by Crippen LogP contribution is -2.39. The van der Waals surface area contributed by atoms with Gasteiger partial charge in [-0.15, -0.1) is 11.3 Å².